The van der Waals surface area contributed by atoms with Crippen LogP contribution in [-0.2, 0) is 27.0 Å². The first-order valence-corrected chi connectivity index (χ1v) is 32.2. The molecule has 0 saturated carbocycles. The number of benzene rings is 3. The first-order chi connectivity index (χ1) is 28.3. The second kappa shape index (κ2) is 26.1. The summed E-state index contributed by atoms with van der Waals surface area (Å²) in [6.07, 6.45) is 15.7. The summed E-state index contributed by atoms with van der Waals surface area (Å²) >= 11 is -3.07. The molecule has 0 unspecified atom stereocenters. The average Bonchev–Trinajstić information content (AvgIpc) is 3.23. The molecule has 0 N–H and O–H groups in total. The van der Waals surface area contributed by atoms with E-state index in [0.717, 1.165) is 114 Å². The van der Waals surface area contributed by atoms with Gasteiger partial charge in [0.2, 0.25) is 0 Å². The van der Waals surface area contributed by atoms with Crippen molar-refractivity contribution in [2.75, 3.05) is 7.11 Å². The van der Waals surface area contributed by atoms with Crippen LogP contribution in [0.1, 0.15) is 142 Å². The summed E-state index contributed by atoms with van der Waals surface area (Å²) < 4.78 is 41.5. The van der Waals surface area contributed by atoms with Crippen LogP contribution in [0.2, 0.25) is 25.2 Å². The standard InChI is InChI=1S/C48H73IO7SSi2/c1-8-11-14-17-23-28-46(50)59(47(51)29-24-18-15-12-9-2,48(52)30-25-19-16-13-10-3)38-37-58(6,7)45-39-42(33-36-44(45)55-5)49(41-26-21-20-22-27-41)56-57(53,54)43-34-31-40(4)32-35-43/h20-22,26-27,31-36,39H,8-19,23-25,28-30,37-38H2,1-7H3. The third-order valence-electron chi connectivity index (χ3n) is 11.6. The first-order valence-electron chi connectivity index (χ1n) is 22.3. The molecule has 0 aromatic heterocycles. The van der Waals surface area contributed by atoms with Crippen molar-refractivity contribution in [1.82, 2.24) is 0 Å². The number of hydrogen-bond donors (Lipinski definition) is 0. The number of hydrogen-bond acceptors (Lipinski definition) is 7. The molecule has 0 bridgehead atoms. The molecule has 0 amide bonds. The van der Waals surface area contributed by atoms with Crippen molar-refractivity contribution in [2.24, 2.45) is 0 Å². The van der Waals surface area contributed by atoms with Crippen molar-refractivity contribution < 1.29 is 30.1 Å². The van der Waals surface area contributed by atoms with Gasteiger partial charge in [-0.3, -0.25) is 0 Å². The fraction of sp³-hybridized carbons (Fsp3) is 0.562. The van der Waals surface area contributed by atoms with Gasteiger partial charge in [-0.15, -0.1) is 0 Å². The van der Waals surface area contributed by atoms with Gasteiger partial charge in [0.05, 0.1) is 0 Å². The number of aryl methyl sites for hydroxylation is 1. The first kappa shape index (κ1) is 50.9. The quantitative estimate of drug-likeness (QED) is 0.0359. The molecule has 0 aliphatic heterocycles. The van der Waals surface area contributed by atoms with Crippen LogP contribution in [0.15, 0.2) is 77.7 Å². The van der Waals surface area contributed by atoms with Gasteiger partial charge >= 0.3 is 310 Å². The molecule has 0 heterocycles. The summed E-state index contributed by atoms with van der Waals surface area (Å²) in [4.78, 5) is 44.3. The van der Waals surface area contributed by atoms with E-state index in [1.54, 1.807) is 31.4 Å². The summed E-state index contributed by atoms with van der Waals surface area (Å²) in [5, 5.41) is 0.817. The number of unbranched alkanes of at least 4 members (excludes halogenated alkanes) is 12. The second-order valence-corrected chi connectivity index (χ2v) is 32.1. The van der Waals surface area contributed by atoms with Crippen LogP contribution >= 0.6 is 20.2 Å². The number of ether oxygens (including phenoxy) is 1. The number of carbonyl (C=O) groups excluding carboxylic acids is 3. The zero-order valence-electron chi connectivity index (χ0n) is 37.2. The van der Waals surface area contributed by atoms with Crippen LogP contribution in [0.5, 0.6) is 5.75 Å². The molecule has 7 nitrogen and oxygen atoms in total. The summed E-state index contributed by atoms with van der Waals surface area (Å²) in [6, 6.07) is 23.1. The van der Waals surface area contributed by atoms with Crippen molar-refractivity contribution in [1.29, 1.82) is 0 Å². The predicted molar refractivity (Wildman–Crippen MR) is 258 cm³/mol. The van der Waals surface area contributed by atoms with E-state index >= 15 is 0 Å². The van der Waals surface area contributed by atoms with Crippen LogP contribution < -0.4 is 9.92 Å². The molecule has 0 fully saturated rings. The van der Waals surface area contributed by atoms with Crippen LogP contribution in [-0.4, -0.2) is 47.9 Å². The van der Waals surface area contributed by atoms with Crippen LogP contribution in [0.25, 0.3) is 0 Å². The van der Waals surface area contributed by atoms with Gasteiger partial charge in [0.15, 0.2) is 0 Å². The van der Waals surface area contributed by atoms with Crippen LogP contribution in [0, 0.1) is 14.1 Å². The van der Waals surface area contributed by atoms with Gasteiger partial charge in [-0.05, 0) is 0 Å². The fourth-order valence-electron chi connectivity index (χ4n) is 7.69. The molecular weight excluding hydrogens is 904 g/mol. The number of rotatable bonds is 31. The van der Waals surface area contributed by atoms with Crippen molar-refractivity contribution in [3.05, 3.63) is 85.5 Å². The molecule has 0 atom stereocenters. The number of methoxy groups -OCH3 is 1. The minimum atomic E-state index is -4.09. The molecule has 328 valence electrons. The molecule has 59 heavy (non-hydrogen) atoms. The average molecular weight is 977 g/mol. The molecule has 0 radical (unpaired) electrons. The summed E-state index contributed by atoms with van der Waals surface area (Å²) in [5.41, 5.74) is 0.956. The summed E-state index contributed by atoms with van der Waals surface area (Å²) in [5.74, 6) is 0.690. The SMILES string of the molecule is CCCCCCCC(=O)[Si](CC[Si](C)(C)c1cc(I(OS(=O)(=O)c2ccc(C)cc2)c2ccccc2)ccc1OC)(C(=O)CCCCCCC)C(=O)CCCCCCC. The Hall–Kier alpha value is -2.46. The van der Waals surface area contributed by atoms with E-state index in [4.69, 9.17) is 7.25 Å². The molecule has 3 rings (SSSR count). The van der Waals surface area contributed by atoms with Crippen molar-refractivity contribution in [3.63, 3.8) is 0 Å². The molecule has 0 aliphatic rings. The second-order valence-electron chi connectivity index (χ2n) is 16.8. The van der Waals surface area contributed by atoms with Gasteiger partial charge in [0.1, 0.15) is 0 Å². The maximum atomic E-state index is 14.7. The van der Waals surface area contributed by atoms with E-state index in [0.29, 0.717) is 37.1 Å². The third-order valence-corrected chi connectivity index (χ3v) is 27.3. The van der Waals surface area contributed by atoms with E-state index in [1.165, 1.54) is 0 Å². The van der Waals surface area contributed by atoms with Gasteiger partial charge in [0, 0.05) is 0 Å². The molecule has 3 aromatic carbocycles. The van der Waals surface area contributed by atoms with Gasteiger partial charge in [-0.2, -0.15) is 0 Å². The van der Waals surface area contributed by atoms with E-state index in [-0.39, 0.29) is 21.1 Å². The molecule has 0 aliphatic carbocycles. The Morgan fingerprint density at radius 3 is 1.53 bits per heavy atom. The minimum Gasteiger partial charge on any atom is -0.0654 e. The van der Waals surface area contributed by atoms with Crippen LogP contribution in [0.3, 0.4) is 0 Å². The Morgan fingerprint density at radius 1 is 0.593 bits per heavy atom. The molecule has 0 saturated heterocycles. The topological polar surface area (TPSA) is 104 Å². The van der Waals surface area contributed by atoms with Gasteiger partial charge < -0.3 is 0 Å². The van der Waals surface area contributed by atoms with Gasteiger partial charge in [-0.25, -0.2) is 0 Å². The number of halogens is 1. The Balaban J connectivity index is 2.08. The van der Waals surface area contributed by atoms with E-state index in [2.05, 4.69) is 39.9 Å². The smallest absolute Gasteiger partial charge is 0.0654 e. The Kier molecular flexibility index (Phi) is 22.5. The molecule has 3 aromatic rings. The zero-order valence-corrected chi connectivity index (χ0v) is 42.2. The van der Waals surface area contributed by atoms with Gasteiger partial charge in [0.25, 0.3) is 0 Å². The molecular formula is C48H73IO7SSi2. The normalized spacial score (nSPS) is 12.4. The van der Waals surface area contributed by atoms with Crippen LogP contribution in [0.4, 0.5) is 0 Å². The maximum absolute atomic E-state index is 14.7. The van der Waals surface area contributed by atoms with E-state index in [9.17, 15) is 22.8 Å². The Morgan fingerprint density at radius 2 is 1.07 bits per heavy atom. The van der Waals surface area contributed by atoms with E-state index < -0.39 is 46.5 Å². The monoisotopic (exact) mass is 976 g/mol. The number of carbonyl (C=O) groups is 3. The predicted octanol–water partition coefficient (Wildman–Crippen LogP) is 12.6. The molecule has 11 heteroatoms. The summed E-state index contributed by atoms with van der Waals surface area (Å²) in [6.45, 7) is 12.9. The fourth-order valence-corrected chi connectivity index (χ4v) is 24.3. The third kappa shape index (κ3) is 15.4. The van der Waals surface area contributed by atoms with E-state index in [1.807, 2.05) is 49.4 Å². The Bertz CT molecular complexity index is 1780. The Labute approximate surface area is 367 Å². The van der Waals surface area contributed by atoms with Gasteiger partial charge in [-0.1, -0.05) is 59.3 Å². The van der Waals surface area contributed by atoms with Crippen molar-refractivity contribution >= 4 is 67.9 Å². The molecule has 0 spiro atoms. The van der Waals surface area contributed by atoms with Crippen molar-refractivity contribution in [3.8, 4) is 5.75 Å². The minimum absolute atomic E-state index is 0.0520. The van der Waals surface area contributed by atoms with Crippen molar-refractivity contribution in [2.45, 2.75) is 173 Å². The zero-order chi connectivity index (χ0) is 43.3. The summed E-state index contributed by atoms with van der Waals surface area (Å²) in [7, 11) is -8.79.